The van der Waals surface area contributed by atoms with E-state index in [1.165, 1.54) is 0 Å². The van der Waals surface area contributed by atoms with Crippen LogP contribution >= 0.6 is 12.2 Å². The van der Waals surface area contributed by atoms with E-state index >= 15 is 0 Å². The zero-order valence-electron chi connectivity index (χ0n) is 12.0. The van der Waals surface area contributed by atoms with Crippen LogP contribution in [-0.4, -0.2) is 63.2 Å². The second-order valence-electron chi connectivity index (χ2n) is 5.03. The van der Waals surface area contributed by atoms with Crippen molar-refractivity contribution in [2.45, 2.75) is 13.3 Å². The van der Waals surface area contributed by atoms with Crippen molar-refractivity contribution in [2.24, 2.45) is 12.8 Å². The molecule has 0 bridgehead atoms. The number of rotatable bonds is 4. The number of aryl methyl sites for hydroxylation is 2. The van der Waals surface area contributed by atoms with Crippen LogP contribution in [0, 0.1) is 0 Å². The summed E-state index contributed by atoms with van der Waals surface area (Å²) in [5.74, 6) is 0.0506. The van der Waals surface area contributed by atoms with E-state index < -0.39 is 0 Å². The molecule has 1 aromatic rings. The van der Waals surface area contributed by atoms with Crippen LogP contribution in [0.5, 0.6) is 0 Å². The Bertz CT molecular complexity index is 505. The van der Waals surface area contributed by atoms with Gasteiger partial charge >= 0.3 is 0 Å². The third-order valence-electron chi connectivity index (χ3n) is 3.55. The van der Waals surface area contributed by atoms with Crippen molar-refractivity contribution in [2.75, 3.05) is 32.7 Å². The molecular weight excluding hydrogens is 274 g/mol. The number of hydrogen-bond acceptors (Lipinski definition) is 4. The first kappa shape index (κ1) is 14.9. The monoisotopic (exact) mass is 295 g/mol. The molecule has 0 aromatic carbocycles. The average Bonchev–Trinajstić information content (AvgIpc) is 2.79. The lowest BCUT2D eigenvalue weighted by Crippen LogP contribution is -2.50. The highest BCUT2D eigenvalue weighted by atomic mass is 32.1. The highest BCUT2D eigenvalue weighted by molar-refractivity contribution is 7.80. The average molecular weight is 295 g/mol. The lowest BCUT2D eigenvalue weighted by Gasteiger charge is -2.34. The van der Waals surface area contributed by atoms with Crippen molar-refractivity contribution < 1.29 is 4.79 Å². The Hall–Kier alpha value is -1.47. The van der Waals surface area contributed by atoms with Crippen LogP contribution in [0.25, 0.3) is 0 Å². The Kier molecular flexibility index (Phi) is 4.72. The summed E-state index contributed by atoms with van der Waals surface area (Å²) in [6.45, 7) is 5.68. The summed E-state index contributed by atoms with van der Waals surface area (Å²) in [5, 5.41) is 4.32. The SMILES string of the molecule is CCc1cc(C(=O)N2CCN(CC(N)=S)CC2)n(C)n1. The van der Waals surface area contributed by atoms with E-state index in [-0.39, 0.29) is 5.91 Å². The molecule has 0 aliphatic carbocycles. The number of thiocarbonyl (C=S) groups is 1. The minimum absolute atomic E-state index is 0.0506. The maximum absolute atomic E-state index is 12.5. The minimum atomic E-state index is 0.0506. The number of carbonyl (C=O) groups excluding carboxylic acids is 1. The molecule has 0 atom stereocenters. The predicted molar refractivity (Wildman–Crippen MR) is 81.7 cm³/mol. The fourth-order valence-electron chi connectivity index (χ4n) is 2.39. The van der Waals surface area contributed by atoms with Gasteiger partial charge in [0.2, 0.25) is 0 Å². The molecule has 1 amide bonds. The Morgan fingerprint density at radius 1 is 1.40 bits per heavy atom. The second-order valence-corrected chi connectivity index (χ2v) is 5.56. The van der Waals surface area contributed by atoms with E-state index in [1.807, 2.05) is 24.9 Å². The number of piperazine rings is 1. The first-order valence-electron chi connectivity index (χ1n) is 6.84. The normalized spacial score (nSPS) is 16.4. The zero-order chi connectivity index (χ0) is 14.7. The topological polar surface area (TPSA) is 67.4 Å². The largest absolute Gasteiger partial charge is 0.392 e. The number of amides is 1. The quantitative estimate of drug-likeness (QED) is 0.794. The fraction of sp³-hybridized carbons (Fsp3) is 0.615. The molecular formula is C13H21N5OS. The van der Waals surface area contributed by atoms with Crippen molar-refractivity contribution in [1.82, 2.24) is 19.6 Å². The van der Waals surface area contributed by atoms with E-state index in [1.54, 1.807) is 4.68 Å². The Labute approximate surface area is 124 Å². The smallest absolute Gasteiger partial charge is 0.272 e. The molecule has 0 unspecified atom stereocenters. The molecule has 2 heterocycles. The molecule has 20 heavy (non-hydrogen) atoms. The van der Waals surface area contributed by atoms with E-state index in [0.717, 1.165) is 25.2 Å². The zero-order valence-corrected chi connectivity index (χ0v) is 12.8. The maximum Gasteiger partial charge on any atom is 0.272 e. The number of carbonyl (C=O) groups is 1. The summed E-state index contributed by atoms with van der Waals surface area (Å²) in [6.07, 6.45) is 0.836. The van der Waals surface area contributed by atoms with Gasteiger partial charge in [-0.2, -0.15) is 5.10 Å². The van der Waals surface area contributed by atoms with Crippen molar-refractivity contribution >= 4 is 23.1 Å². The summed E-state index contributed by atoms with van der Waals surface area (Å²) >= 11 is 4.91. The van der Waals surface area contributed by atoms with Crippen LogP contribution in [0.2, 0.25) is 0 Å². The molecule has 1 aromatic heterocycles. The summed E-state index contributed by atoms with van der Waals surface area (Å²) in [4.78, 5) is 17.0. The van der Waals surface area contributed by atoms with Crippen LogP contribution in [-0.2, 0) is 13.5 Å². The van der Waals surface area contributed by atoms with E-state index in [4.69, 9.17) is 18.0 Å². The van der Waals surface area contributed by atoms with Gasteiger partial charge in [0.05, 0.1) is 10.7 Å². The van der Waals surface area contributed by atoms with Gasteiger partial charge in [0.1, 0.15) is 5.69 Å². The lowest BCUT2D eigenvalue weighted by atomic mass is 10.2. The van der Waals surface area contributed by atoms with Crippen LogP contribution < -0.4 is 5.73 Å². The molecule has 1 saturated heterocycles. The maximum atomic E-state index is 12.5. The van der Waals surface area contributed by atoms with Gasteiger partial charge in [-0.15, -0.1) is 0 Å². The third-order valence-corrected chi connectivity index (χ3v) is 3.68. The van der Waals surface area contributed by atoms with Crippen molar-refractivity contribution in [3.8, 4) is 0 Å². The van der Waals surface area contributed by atoms with Gasteiger partial charge in [-0.3, -0.25) is 14.4 Å². The van der Waals surface area contributed by atoms with Gasteiger partial charge in [-0.25, -0.2) is 0 Å². The molecule has 0 radical (unpaired) electrons. The van der Waals surface area contributed by atoms with Gasteiger partial charge in [0.25, 0.3) is 5.91 Å². The van der Waals surface area contributed by atoms with Crippen LogP contribution in [0.3, 0.4) is 0 Å². The van der Waals surface area contributed by atoms with Gasteiger partial charge in [-0.05, 0) is 12.5 Å². The van der Waals surface area contributed by atoms with E-state index in [2.05, 4.69) is 10.00 Å². The number of aromatic nitrogens is 2. The number of nitrogens with zero attached hydrogens (tertiary/aromatic N) is 4. The Balaban J connectivity index is 1.97. The molecule has 0 saturated carbocycles. The minimum Gasteiger partial charge on any atom is -0.392 e. The summed E-state index contributed by atoms with van der Waals surface area (Å²) in [5.41, 5.74) is 7.15. The highest BCUT2D eigenvalue weighted by Gasteiger charge is 2.24. The van der Waals surface area contributed by atoms with Gasteiger partial charge in [0.15, 0.2) is 0 Å². The van der Waals surface area contributed by atoms with Crippen molar-refractivity contribution in [1.29, 1.82) is 0 Å². The molecule has 1 fully saturated rings. The van der Waals surface area contributed by atoms with Crippen LogP contribution in [0.4, 0.5) is 0 Å². The van der Waals surface area contributed by atoms with Crippen molar-refractivity contribution in [3.05, 3.63) is 17.5 Å². The molecule has 6 nitrogen and oxygen atoms in total. The molecule has 0 spiro atoms. The van der Waals surface area contributed by atoms with Crippen LogP contribution in [0.1, 0.15) is 23.1 Å². The van der Waals surface area contributed by atoms with Crippen molar-refractivity contribution in [3.63, 3.8) is 0 Å². The highest BCUT2D eigenvalue weighted by Crippen LogP contribution is 2.10. The summed E-state index contributed by atoms with van der Waals surface area (Å²) < 4.78 is 1.67. The molecule has 1 aliphatic heterocycles. The molecule has 2 rings (SSSR count). The molecule has 2 N–H and O–H groups in total. The fourth-order valence-corrected chi connectivity index (χ4v) is 2.57. The Morgan fingerprint density at radius 2 is 2.05 bits per heavy atom. The van der Waals surface area contributed by atoms with E-state index in [0.29, 0.717) is 30.3 Å². The molecule has 7 heteroatoms. The second kappa shape index (κ2) is 6.32. The summed E-state index contributed by atoms with van der Waals surface area (Å²) in [7, 11) is 1.81. The Morgan fingerprint density at radius 3 is 2.55 bits per heavy atom. The third kappa shape index (κ3) is 3.34. The molecule has 1 aliphatic rings. The lowest BCUT2D eigenvalue weighted by molar-refractivity contribution is 0.0643. The van der Waals surface area contributed by atoms with Gasteiger partial charge < -0.3 is 10.6 Å². The first-order valence-corrected chi connectivity index (χ1v) is 7.25. The van der Waals surface area contributed by atoms with Crippen LogP contribution in [0.15, 0.2) is 6.07 Å². The van der Waals surface area contributed by atoms with Gasteiger partial charge in [-0.1, -0.05) is 19.1 Å². The van der Waals surface area contributed by atoms with E-state index in [9.17, 15) is 4.79 Å². The predicted octanol–water partition coefficient (Wildman–Crippen LogP) is 0.0264. The first-order chi connectivity index (χ1) is 9.51. The molecule has 110 valence electrons. The standard InChI is InChI=1S/C13H21N5OS/c1-3-10-8-11(16(2)15-10)13(19)18-6-4-17(5-7-18)9-12(14)20/h8H,3-7,9H2,1-2H3,(H2,14,20). The number of hydrogen-bond donors (Lipinski definition) is 1. The van der Waals surface area contributed by atoms with Gasteiger partial charge in [0, 0.05) is 39.8 Å². The number of nitrogens with two attached hydrogens (primary N) is 1. The summed E-state index contributed by atoms with van der Waals surface area (Å²) in [6, 6.07) is 1.88.